The van der Waals surface area contributed by atoms with E-state index in [-0.39, 0.29) is 0 Å². The zero-order chi connectivity index (χ0) is 15.1. The Morgan fingerprint density at radius 3 is 2.14 bits per heavy atom. The van der Waals surface area contributed by atoms with Crippen molar-refractivity contribution in [3.63, 3.8) is 0 Å². The first-order valence-corrected chi connectivity index (χ1v) is 8.07. The molecule has 3 rings (SSSR count). The highest BCUT2D eigenvalue weighted by molar-refractivity contribution is 9.10. The highest BCUT2D eigenvalue weighted by Gasteiger charge is 2.12. The number of rotatable bonds is 0. The lowest BCUT2D eigenvalue weighted by Gasteiger charge is -2.21. The minimum atomic E-state index is 0.527. The number of halogens is 3. The van der Waals surface area contributed by atoms with E-state index in [1.54, 1.807) is 0 Å². The van der Waals surface area contributed by atoms with Crippen molar-refractivity contribution >= 4 is 39.1 Å². The Balaban J connectivity index is 0.000000173. The van der Waals surface area contributed by atoms with Crippen molar-refractivity contribution < 1.29 is 0 Å². The van der Waals surface area contributed by atoms with Crippen LogP contribution in [0.5, 0.6) is 0 Å². The van der Waals surface area contributed by atoms with Crippen LogP contribution in [0.2, 0.25) is 10.0 Å². The normalized spacial score (nSPS) is 13.3. The van der Waals surface area contributed by atoms with E-state index in [0.717, 1.165) is 33.2 Å². The van der Waals surface area contributed by atoms with E-state index in [1.165, 1.54) is 0 Å². The average Bonchev–Trinajstić information content (AvgIpc) is 2.37. The summed E-state index contributed by atoms with van der Waals surface area (Å²) in [4.78, 5) is 0. The average molecular weight is 383 g/mol. The van der Waals surface area contributed by atoms with Gasteiger partial charge in [0, 0.05) is 39.1 Å². The molecule has 1 saturated heterocycles. The molecular formula is C17H14BrCl2N. The lowest BCUT2D eigenvalue weighted by atomic mass is 10.0. The quantitative estimate of drug-likeness (QED) is 0.631. The lowest BCUT2D eigenvalue weighted by Crippen LogP contribution is -2.40. The number of benzene rings is 2. The molecule has 0 atom stereocenters. The number of hydrogen-bond acceptors (Lipinski definition) is 1. The van der Waals surface area contributed by atoms with Crippen LogP contribution in [0.4, 0.5) is 0 Å². The molecule has 0 unspecified atom stereocenters. The van der Waals surface area contributed by atoms with Crippen molar-refractivity contribution in [3.8, 4) is 11.8 Å². The third-order valence-electron chi connectivity index (χ3n) is 2.81. The van der Waals surface area contributed by atoms with E-state index >= 15 is 0 Å². The first-order chi connectivity index (χ1) is 10.1. The highest BCUT2D eigenvalue weighted by atomic mass is 79.9. The fraction of sp³-hybridized carbons (Fsp3) is 0.176. The van der Waals surface area contributed by atoms with Gasteiger partial charge in [0.2, 0.25) is 0 Å². The molecule has 1 aliphatic heterocycles. The molecule has 1 N–H and O–H groups in total. The van der Waals surface area contributed by atoms with Crippen LogP contribution < -0.4 is 5.32 Å². The van der Waals surface area contributed by atoms with Gasteiger partial charge in [0.1, 0.15) is 0 Å². The molecule has 1 fully saturated rings. The number of nitrogens with one attached hydrogen (secondary N) is 1. The van der Waals surface area contributed by atoms with Crippen molar-refractivity contribution in [2.75, 3.05) is 13.1 Å². The molecule has 0 radical (unpaired) electrons. The van der Waals surface area contributed by atoms with Gasteiger partial charge in [-0.25, -0.2) is 0 Å². The monoisotopic (exact) mass is 381 g/mol. The summed E-state index contributed by atoms with van der Waals surface area (Å²) in [5.74, 6) is 6.83. The van der Waals surface area contributed by atoms with Gasteiger partial charge in [0.15, 0.2) is 0 Å². The van der Waals surface area contributed by atoms with Crippen molar-refractivity contribution in [1.29, 1.82) is 0 Å². The molecule has 1 nitrogen and oxygen atoms in total. The molecule has 0 spiro atoms. The molecule has 0 aromatic heterocycles. The summed E-state index contributed by atoms with van der Waals surface area (Å²) < 4.78 is 1.02. The summed E-state index contributed by atoms with van der Waals surface area (Å²) in [5, 5.41) is 4.69. The van der Waals surface area contributed by atoms with Crippen molar-refractivity contribution in [3.05, 3.63) is 68.6 Å². The van der Waals surface area contributed by atoms with Crippen molar-refractivity contribution in [2.45, 2.75) is 0 Å². The Labute approximate surface area is 143 Å². The summed E-state index contributed by atoms with van der Waals surface area (Å²) in [6.45, 7) is 2.04. The summed E-state index contributed by atoms with van der Waals surface area (Å²) in [7, 11) is 0. The highest BCUT2D eigenvalue weighted by Crippen LogP contribution is 2.14. The van der Waals surface area contributed by atoms with Gasteiger partial charge >= 0.3 is 0 Å². The first-order valence-electron chi connectivity index (χ1n) is 6.52. The Bertz CT molecular complexity index is 640. The zero-order valence-electron chi connectivity index (χ0n) is 11.2. The smallest absolute Gasteiger partial charge is 0.0455 e. The first kappa shape index (κ1) is 16.4. The number of hydrogen-bond donors (Lipinski definition) is 1. The molecule has 2 aromatic carbocycles. The fourth-order valence-electron chi connectivity index (χ4n) is 1.60. The van der Waals surface area contributed by atoms with Gasteiger partial charge < -0.3 is 5.32 Å². The van der Waals surface area contributed by atoms with Gasteiger partial charge in [-0.3, -0.25) is 0 Å². The van der Waals surface area contributed by atoms with Gasteiger partial charge in [0.25, 0.3) is 0 Å². The van der Waals surface area contributed by atoms with E-state index in [0.29, 0.717) is 5.92 Å². The molecule has 1 aliphatic rings. The molecule has 2 aromatic rings. The van der Waals surface area contributed by atoms with E-state index in [9.17, 15) is 0 Å². The van der Waals surface area contributed by atoms with Crippen LogP contribution in [0.1, 0.15) is 5.56 Å². The maximum absolute atomic E-state index is 5.83. The van der Waals surface area contributed by atoms with Crippen LogP contribution in [0.15, 0.2) is 53.0 Å². The van der Waals surface area contributed by atoms with Gasteiger partial charge in [-0.15, -0.1) is 0 Å². The Hall–Kier alpha value is -0.980. The molecule has 1 heterocycles. The standard InChI is InChI=1S/C11H10ClN.C6H4BrCl/c12-11-3-1-2-9(6-11)4-5-10-7-13-8-10;7-5-2-1-3-6(8)4-5/h1-3,6,10,13H,7-8H2;1-4H. The van der Waals surface area contributed by atoms with E-state index < -0.39 is 0 Å². The molecule has 0 aliphatic carbocycles. The second-order valence-electron chi connectivity index (χ2n) is 4.57. The van der Waals surface area contributed by atoms with Crippen LogP contribution in [0, 0.1) is 17.8 Å². The minimum Gasteiger partial charge on any atom is -0.314 e. The summed E-state index contributed by atoms with van der Waals surface area (Å²) in [6, 6.07) is 15.2. The van der Waals surface area contributed by atoms with Crippen LogP contribution in [0.3, 0.4) is 0 Å². The van der Waals surface area contributed by atoms with Gasteiger partial charge in [0.05, 0.1) is 0 Å². The molecule has 108 valence electrons. The molecular weight excluding hydrogens is 369 g/mol. The molecule has 0 bridgehead atoms. The Kier molecular flexibility index (Phi) is 6.60. The predicted molar refractivity (Wildman–Crippen MR) is 93.8 cm³/mol. The van der Waals surface area contributed by atoms with Crippen LogP contribution in [-0.2, 0) is 0 Å². The second kappa shape index (κ2) is 8.46. The SMILES string of the molecule is Clc1cccc(Br)c1.Clc1cccc(C#CC2CNC2)c1. The lowest BCUT2D eigenvalue weighted by molar-refractivity contribution is 0.432. The van der Waals surface area contributed by atoms with Gasteiger partial charge in [-0.2, -0.15) is 0 Å². The largest absolute Gasteiger partial charge is 0.314 e. The second-order valence-corrected chi connectivity index (χ2v) is 6.36. The van der Waals surface area contributed by atoms with Gasteiger partial charge in [-0.05, 0) is 36.4 Å². The van der Waals surface area contributed by atoms with E-state index in [2.05, 4.69) is 33.1 Å². The predicted octanol–water partition coefficient (Wildman–Crippen LogP) is 5.01. The zero-order valence-corrected chi connectivity index (χ0v) is 14.3. The maximum atomic E-state index is 5.83. The maximum Gasteiger partial charge on any atom is 0.0455 e. The third-order valence-corrected chi connectivity index (χ3v) is 3.78. The van der Waals surface area contributed by atoms with Gasteiger partial charge in [-0.1, -0.05) is 63.1 Å². The molecule has 0 saturated carbocycles. The minimum absolute atomic E-state index is 0.527. The Morgan fingerprint density at radius 1 is 1.00 bits per heavy atom. The van der Waals surface area contributed by atoms with Crippen molar-refractivity contribution in [1.82, 2.24) is 5.32 Å². The van der Waals surface area contributed by atoms with E-state index in [4.69, 9.17) is 23.2 Å². The van der Waals surface area contributed by atoms with Crippen molar-refractivity contribution in [2.24, 2.45) is 5.92 Å². The van der Waals surface area contributed by atoms with Crippen LogP contribution >= 0.6 is 39.1 Å². The van der Waals surface area contributed by atoms with Crippen LogP contribution in [0.25, 0.3) is 0 Å². The third kappa shape index (κ3) is 6.11. The summed E-state index contributed by atoms with van der Waals surface area (Å²) >= 11 is 14.7. The molecule has 4 heteroatoms. The Morgan fingerprint density at radius 2 is 1.67 bits per heavy atom. The van der Waals surface area contributed by atoms with Crippen LogP contribution in [-0.4, -0.2) is 13.1 Å². The molecule has 0 amide bonds. The summed E-state index contributed by atoms with van der Waals surface area (Å²) in [5.41, 5.74) is 0.999. The fourth-order valence-corrected chi connectivity index (χ4v) is 2.51. The molecule has 21 heavy (non-hydrogen) atoms. The van der Waals surface area contributed by atoms with E-state index in [1.807, 2.05) is 48.5 Å². The summed E-state index contributed by atoms with van der Waals surface area (Å²) in [6.07, 6.45) is 0. The topological polar surface area (TPSA) is 12.0 Å².